The van der Waals surface area contributed by atoms with Crippen molar-refractivity contribution in [2.45, 2.75) is 44.7 Å². The van der Waals surface area contributed by atoms with Crippen LogP contribution < -0.4 is 10.2 Å². The van der Waals surface area contributed by atoms with Crippen molar-refractivity contribution in [3.8, 4) is 0 Å². The minimum absolute atomic E-state index is 0.0403. The fourth-order valence-electron chi connectivity index (χ4n) is 3.66. The van der Waals surface area contributed by atoms with Crippen LogP contribution in [0.15, 0.2) is 36.7 Å². The molecule has 6 nitrogen and oxygen atoms in total. The highest BCUT2D eigenvalue weighted by molar-refractivity contribution is 5.95. The highest BCUT2D eigenvalue weighted by atomic mass is 16.2. The van der Waals surface area contributed by atoms with E-state index in [-0.39, 0.29) is 17.9 Å². The largest absolute Gasteiger partial charge is 0.351 e. The lowest BCUT2D eigenvalue weighted by Gasteiger charge is -2.24. The smallest absolute Gasteiger partial charge is 0.227 e. The summed E-state index contributed by atoms with van der Waals surface area (Å²) in [6, 6.07) is 7.91. The van der Waals surface area contributed by atoms with Crippen LogP contribution in [0.2, 0.25) is 0 Å². The van der Waals surface area contributed by atoms with Crippen molar-refractivity contribution in [3.05, 3.63) is 48.0 Å². The number of anilines is 1. The molecule has 2 aromatic rings. The molecule has 0 radical (unpaired) electrons. The first-order valence-electron chi connectivity index (χ1n) is 8.88. The van der Waals surface area contributed by atoms with E-state index in [4.69, 9.17) is 0 Å². The van der Waals surface area contributed by atoms with Crippen LogP contribution in [0.4, 0.5) is 5.69 Å². The number of imidazole rings is 1. The molecular formula is C19H22N4O2. The molecule has 0 saturated carbocycles. The SMILES string of the molecule is O=C(Cc1ccc(N2CCCC2=O)cc1)N[C@H]1CCc2nccn2C1. The van der Waals surface area contributed by atoms with E-state index in [1.807, 2.05) is 41.6 Å². The monoisotopic (exact) mass is 338 g/mol. The van der Waals surface area contributed by atoms with Gasteiger partial charge in [-0.05, 0) is 30.5 Å². The lowest BCUT2D eigenvalue weighted by molar-refractivity contribution is -0.121. The molecule has 6 heteroatoms. The van der Waals surface area contributed by atoms with Crippen molar-refractivity contribution in [1.82, 2.24) is 14.9 Å². The summed E-state index contributed by atoms with van der Waals surface area (Å²) in [4.78, 5) is 30.2. The lowest BCUT2D eigenvalue weighted by atomic mass is 10.1. The summed E-state index contributed by atoms with van der Waals surface area (Å²) in [7, 11) is 0. The third-order valence-electron chi connectivity index (χ3n) is 4.99. The van der Waals surface area contributed by atoms with E-state index >= 15 is 0 Å². The number of hydrogen-bond donors (Lipinski definition) is 1. The van der Waals surface area contributed by atoms with Crippen LogP contribution in [-0.4, -0.2) is 34.0 Å². The van der Waals surface area contributed by atoms with Crippen molar-refractivity contribution in [2.24, 2.45) is 0 Å². The Morgan fingerprint density at radius 1 is 1.24 bits per heavy atom. The van der Waals surface area contributed by atoms with Gasteiger partial charge in [0.25, 0.3) is 0 Å². The van der Waals surface area contributed by atoms with Gasteiger partial charge >= 0.3 is 0 Å². The van der Waals surface area contributed by atoms with Gasteiger partial charge in [-0.1, -0.05) is 12.1 Å². The van der Waals surface area contributed by atoms with Crippen LogP contribution in [0, 0.1) is 0 Å². The van der Waals surface area contributed by atoms with Gasteiger partial charge in [0.1, 0.15) is 5.82 Å². The van der Waals surface area contributed by atoms with Crippen molar-refractivity contribution in [3.63, 3.8) is 0 Å². The number of nitrogens with one attached hydrogen (secondary N) is 1. The van der Waals surface area contributed by atoms with E-state index in [0.29, 0.717) is 12.8 Å². The predicted molar refractivity (Wildman–Crippen MR) is 94.2 cm³/mol. The molecule has 1 fully saturated rings. The quantitative estimate of drug-likeness (QED) is 0.922. The maximum atomic E-state index is 12.3. The van der Waals surface area contributed by atoms with Crippen molar-refractivity contribution >= 4 is 17.5 Å². The standard InChI is InChI=1S/C19H22N4O2/c24-18(21-15-5-8-17-20-9-11-22(17)13-15)12-14-3-6-16(7-4-14)23-10-1-2-19(23)25/h3-4,6-7,9,11,15H,1-2,5,8,10,12-13H2,(H,21,24)/t15-/m0/s1. The minimum atomic E-state index is 0.0403. The normalized spacial score (nSPS) is 19.8. The molecule has 1 aromatic carbocycles. The molecule has 4 rings (SSSR count). The summed E-state index contributed by atoms with van der Waals surface area (Å²) in [6.07, 6.45) is 7.52. The number of carbonyl (C=O) groups is 2. The second-order valence-corrected chi connectivity index (χ2v) is 6.79. The fourth-order valence-corrected chi connectivity index (χ4v) is 3.66. The van der Waals surface area contributed by atoms with Crippen LogP contribution in [0.3, 0.4) is 0 Å². The number of benzene rings is 1. The van der Waals surface area contributed by atoms with Crippen LogP contribution in [0.5, 0.6) is 0 Å². The zero-order valence-electron chi connectivity index (χ0n) is 14.1. The van der Waals surface area contributed by atoms with E-state index in [2.05, 4.69) is 14.9 Å². The first-order chi connectivity index (χ1) is 12.2. The molecule has 2 aliphatic rings. The molecule has 0 aliphatic carbocycles. The van der Waals surface area contributed by atoms with Gasteiger partial charge in [0.15, 0.2) is 0 Å². The van der Waals surface area contributed by atoms with Gasteiger partial charge in [0.05, 0.1) is 6.42 Å². The van der Waals surface area contributed by atoms with Gasteiger partial charge in [-0.15, -0.1) is 0 Å². The number of hydrogen-bond acceptors (Lipinski definition) is 3. The van der Waals surface area contributed by atoms with E-state index in [1.54, 1.807) is 0 Å². The molecule has 0 bridgehead atoms. The molecule has 1 N–H and O–H groups in total. The van der Waals surface area contributed by atoms with Crippen molar-refractivity contribution in [1.29, 1.82) is 0 Å². The molecule has 2 amide bonds. The van der Waals surface area contributed by atoms with Gasteiger partial charge in [-0.3, -0.25) is 9.59 Å². The summed E-state index contributed by atoms with van der Waals surface area (Å²) in [5.41, 5.74) is 1.89. The number of nitrogens with zero attached hydrogens (tertiary/aromatic N) is 3. The average molecular weight is 338 g/mol. The third-order valence-corrected chi connectivity index (χ3v) is 4.99. The van der Waals surface area contributed by atoms with Gasteiger partial charge in [0.2, 0.25) is 11.8 Å². The molecular weight excluding hydrogens is 316 g/mol. The zero-order chi connectivity index (χ0) is 17.2. The first kappa shape index (κ1) is 15.9. The molecule has 0 unspecified atom stereocenters. The summed E-state index contributed by atoms with van der Waals surface area (Å²) < 4.78 is 2.11. The van der Waals surface area contributed by atoms with E-state index < -0.39 is 0 Å². The molecule has 1 saturated heterocycles. The van der Waals surface area contributed by atoms with E-state index in [9.17, 15) is 9.59 Å². The number of amides is 2. The number of aromatic nitrogens is 2. The van der Waals surface area contributed by atoms with Gasteiger partial charge in [0, 0.05) is 50.1 Å². The number of aryl methyl sites for hydroxylation is 1. The Balaban J connectivity index is 1.33. The van der Waals surface area contributed by atoms with Crippen LogP contribution in [-0.2, 0) is 29.0 Å². The fraction of sp³-hybridized carbons (Fsp3) is 0.421. The number of carbonyl (C=O) groups excluding carboxylic acids is 2. The maximum absolute atomic E-state index is 12.3. The number of fused-ring (bicyclic) bond motifs is 1. The topological polar surface area (TPSA) is 67.2 Å². The van der Waals surface area contributed by atoms with Crippen molar-refractivity contribution < 1.29 is 9.59 Å². The first-order valence-corrected chi connectivity index (χ1v) is 8.88. The molecule has 1 aromatic heterocycles. The van der Waals surface area contributed by atoms with Gasteiger partial charge in [-0.25, -0.2) is 4.98 Å². The molecule has 2 aliphatic heterocycles. The summed E-state index contributed by atoms with van der Waals surface area (Å²) in [6.45, 7) is 1.58. The second kappa shape index (κ2) is 6.70. The van der Waals surface area contributed by atoms with Crippen LogP contribution >= 0.6 is 0 Å². The molecule has 3 heterocycles. The Labute approximate surface area is 146 Å². The number of rotatable bonds is 4. The molecule has 130 valence electrons. The maximum Gasteiger partial charge on any atom is 0.227 e. The lowest BCUT2D eigenvalue weighted by Crippen LogP contribution is -2.41. The molecule has 0 spiro atoms. The third kappa shape index (κ3) is 3.43. The van der Waals surface area contributed by atoms with Crippen molar-refractivity contribution in [2.75, 3.05) is 11.4 Å². The highest BCUT2D eigenvalue weighted by Crippen LogP contribution is 2.21. The summed E-state index contributed by atoms with van der Waals surface area (Å²) in [5, 5.41) is 3.12. The Hall–Kier alpha value is -2.63. The molecule has 25 heavy (non-hydrogen) atoms. The zero-order valence-corrected chi connectivity index (χ0v) is 14.1. The van der Waals surface area contributed by atoms with Gasteiger partial charge < -0.3 is 14.8 Å². The van der Waals surface area contributed by atoms with Gasteiger partial charge in [-0.2, -0.15) is 0 Å². The highest BCUT2D eigenvalue weighted by Gasteiger charge is 2.22. The average Bonchev–Trinajstić information content (AvgIpc) is 3.24. The van der Waals surface area contributed by atoms with E-state index in [1.165, 1.54) is 0 Å². The Bertz CT molecular complexity index is 781. The van der Waals surface area contributed by atoms with Crippen LogP contribution in [0.25, 0.3) is 0 Å². The second-order valence-electron chi connectivity index (χ2n) is 6.79. The summed E-state index contributed by atoms with van der Waals surface area (Å²) in [5.74, 6) is 1.32. The predicted octanol–water partition coefficient (Wildman–Crippen LogP) is 1.68. The Morgan fingerprint density at radius 2 is 2.08 bits per heavy atom. The molecule has 1 atom stereocenters. The minimum Gasteiger partial charge on any atom is -0.351 e. The van der Waals surface area contributed by atoms with Crippen LogP contribution in [0.1, 0.15) is 30.7 Å². The van der Waals surface area contributed by atoms with E-state index in [0.717, 1.165) is 49.4 Å². The Kier molecular flexibility index (Phi) is 4.26. The Morgan fingerprint density at radius 3 is 2.84 bits per heavy atom. The summed E-state index contributed by atoms with van der Waals surface area (Å²) >= 11 is 0.